The number of phenolic OH excluding ortho intramolecular Hbond substituents is 1. The molecule has 0 fully saturated rings. The van der Waals surface area contributed by atoms with Crippen LogP contribution in [0.25, 0.3) is 16.7 Å². The van der Waals surface area contributed by atoms with E-state index in [-0.39, 0.29) is 11.2 Å². The number of nitrogens with one attached hydrogen (secondary N) is 1. The number of hydrogen-bond donors (Lipinski definition) is 2. The van der Waals surface area contributed by atoms with E-state index < -0.39 is 0 Å². The third-order valence-electron chi connectivity index (χ3n) is 4.98. The highest BCUT2D eigenvalue weighted by molar-refractivity contribution is 5.80. The summed E-state index contributed by atoms with van der Waals surface area (Å²) in [5, 5.41) is 23.5. The summed E-state index contributed by atoms with van der Waals surface area (Å²) in [6.07, 6.45) is 0. The highest BCUT2D eigenvalue weighted by Gasteiger charge is 2.22. The molecule has 0 saturated carbocycles. The van der Waals surface area contributed by atoms with Gasteiger partial charge in [0.2, 0.25) is 0 Å². The Kier molecular flexibility index (Phi) is 4.53. The molecule has 4 rings (SSSR count). The second-order valence-corrected chi connectivity index (χ2v) is 8.61. The van der Waals surface area contributed by atoms with Crippen LogP contribution in [0.2, 0.25) is 0 Å². The average molecular weight is 386 g/mol. The fraction of sp³-hybridized carbons (Fsp3) is 0.250. The van der Waals surface area contributed by atoms with Crippen LogP contribution in [0.1, 0.15) is 37.5 Å². The minimum Gasteiger partial charge on any atom is -0.505 e. The van der Waals surface area contributed by atoms with Gasteiger partial charge in [-0.1, -0.05) is 44.5 Å². The lowest BCUT2D eigenvalue weighted by atomic mass is 9.85. The normalized spacial score (nSPS) is 11.8. The summed E-state index contributed by atoms with van der Waals surface area (Å²) in [5.41, 5.74) is 7.09. The van der Waals surface area contributed by atoms with Crippen molar-refractivity contribution in [2.24, 2.45) is 0 Å². The molecule has 0 aliphatic rings. The van der Waals surface area contributed by atoms with Gasteiger partial charge in [-0.2, -0.15) is 0 Å². The number of aromatic hydroxyl groups is 1. The van der Waals surface area contributed by atoms with E-state index in [1.165, 1.54) is 10.4 Å². The van der Waals surface area contributed by atoms with Gasteiger partial charge in [-0.05, 0) is 61.2 Å². The van der Waals surface area contributed by atoms with E-state index in [2.05, 4.69) is 67.5 Å². The van der Waals surface area contributed by atoms with Gasteiger partial charge in [0.1, 0.15) is 22.5 Å². The molecule has 5 heteroatoms. The third kappa shape index (κ3) is 3.81. The van der Waals surface area contributed by atoms with Gasteiger partial charge in [0.25, 0.3) is 0 Å². The molecule has 5 nitrogen and oxygen atoms in total. The highest BCUT2D eigenvalue weighted by atomic mass is 16.3. The number of benzene rings is 3. The van der Waals surface area contributed by atoms with Crippen molar-refractivity contribution in [1.29, 1.82) is 0 Å². The minimum absolute atomic E-state index is 0.178. The van der Waals surface area contributed by atoms with Crippen LogP contribution < -0.4 is 5.32 Å². The summed E-state index contributed by atoms with van der Waals surface area (Å²) in [5.74, 6) is 0.224. The second-order valence-electron chi connectivity index (χ2n) is 8.61. The fourth-order valence-corrected chi connectivity index (χ4v) is 3.39. The van der Waals surface area contributed by atoms with Crippen molar-refractivity contribution in [3.05, 3.63) is 71.3 Å². The van der Waals surface area contributed by atoms with Crippen molar-refractivity contribution < 1.29 is 5.11 Å². The third-order valence-corrected chi connectivity index (χ3v) is 4.98. The standard InChI is InChI=1S/C24H26N4O/c1-15-6-8-17(9-7-15)25-18-10-11-20-21(14-18)27-28(26-20)22-13-16(2)12-19(23(22)29)24(3,4)5/h6-14,25,29H,1-5H3. The van der Waals surface area contributed by atoms with E-state index in [1.54, 1.807) is 0 Å². The molecule has 29 heavy (non-hydrogen) atoms. The van der Waals surface area contributed by atoms with Crippen LogP contribution in [0.5, 0.6) is 5.75 Å². The minimum atomic E-state index is -0.178. The number of rotatable bonds is 3. The van der Waals surface area contributed by atoms with Crippen LogP contribution in [-0.2, 0) is 5.41 Å². The predicted octanol–water partition coefficient (Wildman–Crippen LogP) is 5.78. The van der Waals surface area contributed by atoms with Crippen molar-refractivity contribution in [2.75, 3.05) is 5.32 Å². The lowest BCUT2D eigenvalue weighted by Gasteiger charge is -2.22. The van der Waals surface area contributed by atoms with Gasteiger partial charge < -0.3 is 10.4 Å². The zero-order valence-corrected chi connectivity index (χ0v) is 17.5. The molecule has 4 aromatic rings. The van der Waals surface area contributed by atoms with Gasteiger partial charge in [-0.3, -0.25) is 0 Å². The summed E-state index contributed by atoms with van der Waals surface area (Å²) < 4.78 is 0. The maximum Gasteiger partial charge on any atom is 0.146 e. The number of aryl methyl sites for hydroxylation is 2. The van der Waals surface area contributed by atoms with E-state index in [4.69, 9.17) is 0 Å². The van der Waals surface area contributed by atoms with Gasteiger partial charge >= 0.3 is 0 Å². The van der Waals surface area contributed by atoms with Crippen LogP contribution >= 0.6 is 0 Å². The van der Waals surface area contributed by atoms with E-state index in [0.717, 1.165) is 33.5 Å². The molecule has 2 N–H and O–H groups in total. The van der Waals surface area contributed by atoms with Gasteiger partial charge in [0, 0.05) is 16.9 Å². The molecule has 0 spiro atoms. The molecule has 0 bridgehead atoms. The molecule has 1 heterocycles. The lowest BCUT2D eigenvalue weighted by Crippen LogP contribution is -2.13. The lowest BCUT2D eigenvalue weighted by molar-refractivity contribution is 0.440. The number of aromatic nitrogens is 3. The van der Waals surface area contributed by atoms with Crippen molar-refractivity contribution in [3.63, 3.8) is 0 Å². The second kappa shape index (κ2) is 6.92. The van der Waals surface area contributed by atoms with Crippen molar-refractivity contribution in [1.82, 2.24) is 15.0 Å². The number of hydrogen-bond acceptors (Lipinski definition) is 4. The molecular formula is C24H26N4O. The Bertz CT molecular complexity index is 1180. The molecule has 0 amide bonds. The SMILES string of the molecule is Cc1ccc(Nc2ccc3nn(-c4cc(C)cc(C(C)(C)C)c4O)nc3c2)cc1. The Morgan fingerprint density at radius 2 is 1.45 bits per heavy atom. The molecular weight excluding hydrogens is 360 g/mol. The van der Waals surface area contributed by atoms with E-state index in [0.29, 0.717) is 5.69 Å². The highest BCUT2D eigenvalue weighted by Crippen LogP contribution is 2.36. The smallest absolute Gasteiger partial charge is 0.146 e. The number of nitrogens with zero attached hydrogens (tertiary/aromatic N) is 3. The molecule has 0 atom stereocenters. The molecule has 3 aromatic carbocycles. The van der Waals surface area contributed by atoms with Crippen molar-refractivity contribution >= 4 is 22.4 Å². The van der Waals surface area contributed by atoms with E-state index in [9.17, 15) is 5.11 Å². The van der Waals surface area contributed by atoms with Gasteiger partial charge in [0.15, 0.2) is 0 Å². The van der Waals surface area contributed by atoms with Crippen LogP contribution in [0.15, 0.2) is 54.6 Å². The monoisotopic (exact) mass is 386 g/mol. The summed E-state index contributed by atoms with van der Waals surface area (Å²) in [6, 6.07) is 18.1. The topological polar surface area (TPSA) is 63.0 Å². The first kappa shape index (κ1) is 19.0. The van der Waals surface area contributed by atoms with Crippen LogP contribution in [-0.4, -0.2) is 20.1 Å². The number of phenols is 1. The van der Waals surface area contributed by atoms with E-state index >= 15 is 0 Å². The summed E-state index contributed by atoms with van der Waals surface area (Å²) in [7, 11) is 0. The Morgan fingerprint density at radius 1 is 0.793 bits per heavy atom. The fourth-order valence-electron chi connectivity index (χ4n) is 3.39. The quantitative estimate of drug-likeness (QED) is 0.468. The molecule has 0 unspecified atom stereocenters. The van der Waals surface area contributed by atoms with Crippen LogP contribution in [0.4, 0.5) is 11.4 Å². The maximum atomic E-state index is 10.9. The van der Waals surface area contributed by atoms with Crippen LogP contribution in [0, 0.1) is 13.8 Å². The average Bonchev–Trinajstić information content (AvgIpc) is 3.07. The maximum absolute atomic E-state index is 10.9. The Hall–Kier alpha value is -3.34. The first-order valence-corrected chi connectivity index (χ1v) is 9.76. The van der Waals surface area contributed by atoms with E-state index in [1.807, 2.05) is 37.3 Å². The van der Waals surface area contributed by atoms with Crippen molar-refractivity contribution in [2.45, 2.75) is 40.0 Å². The predicted molar refractivity (Wildman–Crippen MR) is 118 cm³/mol. The Morgan fingerprint density at radius 3 is 2.14 bits per heavy atom. The molecule has 1 aromatic heterocycles. The molecule has 0 aliphatic carbocycles. The van der Waals surface area contributed by atoms with Gasteiger partial charge in [-0.15, -0.1) is 15.0 Å². The summed E-state index contributed by atoms with van der Waals surface area (Å²) in [4.78, 5) is 1.53. The summed E-state index contributed by atoms with van der Waals surface area (Å²) >= 11 is 0. The van der Waals surface area contributed by atoms with Crippen molar-refractivity contribution in [3.8, 4) is 11.4 Å². The molecule has 0 radical (unpaired) electrons. The number of fused-ring (bicyclic) bond motifs is 1. The molecule has 0 aliphatic heterocycles. The Labute approximate surface area is 171 Å². The zero-order valence-electron chi connectivity index (χ0n) is 17.5. The van der Waals surface area contributed by atoms with Gasteiger partial charge in [0.05, 0.1) is 0 Å². The number of anilines is 2. The Balaban J connectivity index is 1.73. The largest absolute Gasteiger partial charge is 0.505 e. The molecule has 0 saturated heterocycles. The van der Waals surface area contributed by atoms with Gasteiger partial charge in [-0.25, -0.2) is 0 Å². The van der Waals surface area contributed by atoms with Crippen LogP contribution in [0.3, 0.4) is 0 Å². The summed E-state index contributed by atoms with van der Waals surface area (Å²) in [6.45, 7) is 10.3. The first-order valence-electron chi connectivity index (χ1n) is 9.76. The zero-order chi connectivity index (χ0) is 20.8. The molecule has 148 valence electrons. The first-order chi connectivity index (χ1) is 13.7.